The van der Waals surface area contributed by atoms with Gasteiger partial charge in [-0.1, -0.05) is 36.1 Å². The van der Waals surface area contributed by atoms with Crippen molar-refractivity contribution >= 4 is 39.9 Å². The molecule has 40 heavy (non-hydrogen) atoms. The van der Waals surface area contributed by atoms with Gasteiger partial charge < -0.3 is 19.3 Å². The summed E-state index contributed by atoms with van der Waals surface area (Å²) in [6.07, 6.45) is 2.11. The van der Waals surface area contributed by atoms with Gasteiger partial charge >= 0.3 is 11.9 Å². The Morgan fingerprint density at radius 2 is 2.08 bits per heavy atom. The zero-order valence-electron chi connectivity index (χ0n) is 22.3. The first-order valence-electron chi connectivity index (χ1n) is 12.8. The Morgan fingerprint density at radius 1 is 1.27 bits per heavy atom. The van der Waals surface area contributed by atoms with Gasteiger partial charge in [-0.3, -0.25) is 14.5 Å². The molecule has 1 aromatic heterocycles. The highest BCUT2D eigenvalue weighted by molar-refractivity contribution is 7.17. The second-order valence-electron chi connectivity index (χ2n) is 9.43. The van der Waals surface area contributed by atoms with Gasteiger partial charge in [0.2, 0.25) is 0 Å². The average molecular weight is 561 g/mol. The summed E-state index contributed by atoms with van der Waals surface area (Å²) in [6, 6.07) is 11.1. The summed E-state index contributed by atoms with van der Waals surface area (Å²) in [7, 11) is 0. The Morgan fingerprint density at radius 3 is 2.83 bits per heavy atom. The Kier molecular flexibility index (Phi) is 7.44. The molecule has 9 nitrogen and oxygen atoms in total. The number of fused-ring (bicyclic) bond motifs is 1. The van der Waals surface area contributed by atoms with Crippen LogP contribution < -0.4 is 14.4 Å². The van der Waals surface area contributed by atoms with Crippen molar-refractivity contribution in [2.24, 2.45) is 0 Å². The molecule has 1 fully saturated rings. The van der Waals surface area contributed by atoms with E-state index in [-0.39, 0.29) is 34.1 Å². The lowest BCUT2D eigenvalue weighted by molar-refractivity contribution is -0.132. The lowest BCUT2D eigenvalue weighted by Crippen LogP contribution is -2.29. The summed E-state index contributed by atoms with van der Waals surface area (Å²) in [5.41, 5.74) is 2.09. The van der Waals surface area contributed by atoms with E-state index in [1.165, 1.54) is 11.0 Å². The van der Waals surface area contributed by atoms with E-state index in [2.05, 4.69) is 11.6 Å². The summed E-state index contributed by atoms with van der Waals surface area (Å²) >= 11 is 0.941. The molecule has 3 heterocycles. The molecule has 1 N–H and O–H groups in total. The monoisotopic (exact) mass is 560 g/mol. The van der Waals surface area contributed by atoms with Crippen molar-refractivity contribution in [1.82, 2.24) is 4.98 Å². The molecule has 1 saturated heterocycles. The van der Waals surface area contributed by atoms with E-state index < -0.39 is 23.7 Å². The first kappa shape index (κ1) is 27.1. The summed E-state index contributed by atoms with van der Waals surface area (Å²) < 4.78 is 16.6. The molecule has 0 unspecified atom stereocenters. The molecule has 206 valence electrons. The van der Waals surface area contributed by atoms with Crippen LogP contribution in [0, 0.1) is 6.92 Å². The molecule has 0 aliphatic carbocycles. The van der Waals surface area contributed by atoms with Crippen LogP contribution >= 0.6 is 11.3 Å². The summed E-state index contributed by atoms with van der Waals surface area (Å²) in [5.74, 6) is -1.39. The van der Waals surface area contributed by atoms with Gasteiger partial charge in [0.15, 0.2) is 5.13 Å². The van der Waals surface area contributed by atoms with Crippen LogP contribution in [0.5, 0.6) is 11.5 Å². The third-order valence-electron chi connectivity index (χ3n) is 6.61. The van der Waals surface area contributed by atoms with Crippen molar-refractivity contribution in [3.05, 3.63) is 88.0 Å². The standard InChI is InChI=1S/C30H28N2O7S/c1-5-12-38-29(36)27-17(4)31-30(40-27)32-24(18-8-7-9-21(15-18)37-6-2)23(26(34)28(32)35)25(33)19-10-11-22-20(14-19)13-16(3)39-22/h5,7-11,14-16,24,33H,1,6,12-13H2,2-4H3/b25-23+/t16-,24+/m0/s1. The van der Waals surface area contributed by atoms with Crippen LogP contribution in [0.1, 0.15) is 51.9 Å². The zero-order chi connectivity index (χ0) is 28.6. The number of ketones is 1. The van der Waals surface area contributed by atoms with E-state index in [1.54, 1.807) is 49.4 Å². The van der Waals surface area contributed by atoms with Crippen LogP contribution in [-0.2, 0) is 20.7 Å². The minimum Gasteiger partial charge on any atom is -0.507 e. The van der Waals surface area contributed by atoms with Crippen LogP contribution in [0.3, 0.4) is 0 Å². The number of esters is 1. The number of amides is 1. The minimum absolute atomic E-state index is 0.000195. The maximum atomic E-state index is 13.6. The Labute approximate surface area is 235 Å². The number of thiazole rings is 1. The molecule has 3 aromatic rings. The fourth-order valence-corrected chi connectivity index (χ4v) is 5.87. The molecular formula is C30H28N2O7S. The number of aliphatic hydroxyl groups excluding tert-OH is 1. The van der Waals surface area contributed by atoms with Gasteiger partial charge in [-0.25, -0.2) is 9.78 Å². The lowest BCUT2D eigenvalue weighted by Gasteiger charge is -2.23. The number of anilines is 1. The summed E-state index contributed by atoms with van der Waals surface area (Å²) in [4.78, 5) is 45.6. The number of aryl methyl sites for hydroxylation is 1. The number of hydrogen-bond acceptors (Lipinski definition) is 9. The van der Waals surface area contributed by atoms with Gasteiger partial charge in [-0.2, -0.15) is 0 Å². The molecule has 0 bridgehead atoms. The van der Waals surface area contributed by atoms with Crippen molar-refractivity contribution < 1.29 is 33.7 Å². The number of ether oxygens (including phenoxy) is 3. The van der Waals surface area contributed by atoms with Gasteiger partial charge in [0, 0.05) is 12.0 Å². The maximum Gasteiger partial charge on any atom is 0.350 e. The lowest BCUT2D eigenvalue weighted by atomic mass is 9.94. The van der Waals surface area contributed by atoms with Crippen molar-refractivity contribution in [2.45, 2.75) is 39.3 Å². The molecule has 2 aliphatic rings. The minimum atomic E-state index is -1.02. The Balaban J connectivity index is 1.65. The predicted octanol–water partition coefficient (Wildman–Crippen LogP) is 5.14. The number of rotatable bonds is 8. The molecule has 0 radical (unpaired) electrons. The molecule has 2 aromatic carbocycles. The van der Waals surface area contributed by atoms with Crippen LogP contribution in [0.4, 0.5) is 5.13 Å². The van der Waals surface area contributed by atoms with E-state index in [1.807, 2.05) is 13.8 Å². The number of carbonyl (C=O) groups excluding carboxylic acids is 3. The molecule has 0 saturated carbocycles. The largest absolute Gasteiger partial charge is 0.507 e. The maximum absolute atomic E-state index is 13.6. The van der Waals surface area contributed by atoms with E-state index in [0.29, 0.717) is 35.6 Å². The zero-order valence-corrected chi connectivity index (χ0v) is 23.1. The van der Waals surface area contributed by atoms with Crippen LogP contribution in [-0.4, -0.2) is 47.1 Å². The van der Waals surface area contributed by atoms with E-state index >= 15 is 0 Å². The molecule has 2 aliphatic heterocycles. The van der Waals surface area contributed by atoms with E-state index in [0.717, 1.165) is 22.6 Å². The molecule has 2 atom stereocenters. The van der Waals surface area contributed by atoms with Crippen molar-refractivity contribution in [3.8, 4) is 11.5 Å². The fourth-order valence-electron chi connectivity index (χ4n) is 4.89. The summed E-state index contributed by atoms with van der Waals surface area (Å²) in [5, 5.41) is 11.7. The van der Waals surface area contributed by atoms with E-state index in [4.69, 9.17) is 14.2 Å². The molecule has 5 rings (SSSR count). The number of hydrogen-bond donors (Lipinski definition) is 1. The van der Waals surface area contributed by atoms with Gasteiger partial charge in [0.1, 0.15) is 34.8 Å². The van der Waals surface area contributed by atoms with Gasteiger partial charge in [-0.15, -0.1) is 0 Å². The third kappa shape index (κ3) is 4.86. The number of benzene rings is 2. The highest BCUT2D eigenvalue weighted by Crippen LogP contribution is 2.45. The summed E-state index contributed by atoms with van der Waals surface area (Å²) in [6.45, 7) is 9.41. The van der Waals surface area contributed by atoms with Gasteiger partial charge in [0.05, 0.1) is 23.9 Å². The normalized spacial score (nSPS) is 19.3. The second kappa shape index (κ2) is 11.0. The van der Waals surface area contributed by atoms with Crippen LogP contribution in [0.25, 0.3) is 5.76 Å². The first-order chi connectivity index (χ1) is 19.2. The molecule has 0 spiro atoms. The Hall–Kier alpha value is -4.44. The molecule has 10 heteroatoms. The number of carbonyl (C=O) groups is 3. The van der Waals surface area contributed by atoms with Crippen molar-refractivity contribution in [2.75, 3.05) is 18.1 Å². The predicted molar refractivity (Wildman–Crippen MR) is 150 cm³/mol. The van der Waals surface area contributed by atoms with Crippen LogP contribution in [0.15, 0.2) is 60.7 Å². The third-order valence-corrected chi connectivity index (χ3v) is 7.74. The van der Waals surface area contributed by atoms with Gasteiger partial charge in [0.25, 0.3) is 5.78 Å². The fraction of sp³-hybridized carbons (Fsp3) is 0.267. The highest BCUT2D eigenvalue weighted by atomic mass is 32.1. The number of Topliss-reactive ketones (excluding diaryl/α,β-unsaturated/α-hetero) is 1. The van der Waals surface area contributed by atoms with Crippen LogP contribution in [0.2, 0.25) is 0 Å². The average Bonchev–Trinajstić information content (AvgIpc) is 3.59. The number of aromatic nitrogens is 1. The highest BCUT2D eigenvalue weighted by Gasteiger charge is 2.48. The van der Waals surface area contributed by atoms with Crippen molar-refractivity contribution in [3.63, 3.8) is 0 Å². The second-order valence-corrected chi connectivity index (χ2v) is 10.4. The first-order valence-corrected chi connectivity index (χ1v) is 13.6. The SMILES string of the molecule is C=CCOC(=O)c1sc(N2C(=O)C(=O)/C(=C(/O)c3ccc4c(c3)C[C@H](C)O4)[C@H]2c2cccc(OCC)c2)nc1C. The quantitative estimate of drug-likeness (QED) is 0.132. The van der Waals surface area contributed by atoms with Gasteiger partial charge in [-0.05, 0) is 62.2 Å². The number of nitrogens with zero attached hydrogens (tertiary/aromatic N) is 2. The Bertz CT molecular complexity index is 1560. The van der Waals surface area contributed by atoms with E-state index in [9.17, 15) is 19.5 Å². The molecular weight excluding hydrogens is 532 g/mol. The topological polar surface area (TPSA) is 115 Å². The smallest absolute Gasteiger partial charge is 0.350 e. The van der Waals surface area contributed by atoms with Crippen molar-refractivity contribution in [1.29, 1.82) is 0 Å². The number of aliphatic hydroxyl groups is 1. The molecule has 1 amide bonds.